The zero-order chi connectivity index (χ0) is 24.5. The number of benzene rings is 1. The molecular weight excluding hydrogens is 542 g/mol. The third-order valence-electron chi connectivity index (χ3n) is 6.90. The number of carboxylic acid groups (broad SMARTS) is 1. The van der Waals surface area contributed by atoms with Gasteiger partial charge in [0, 0.05) is 44.0 Å². The quantitative estimate of drug-likeness (QED) is 0.559. The predicted molar refractivity (Wildman–Crippen MR) is 135 cm³/mol. The molecule has 1 amide bonds. The van der Waals surface area contributed by atoms with Crippen molar-refractivity contribution in [1.29, 1.82) is 0 Å². The molecule has 190 valence electrons. The molecule has 1 aromatic heterocycles. The van der Waals surface area contributed by atoms with Crippen LogP contribution in [0.2, 0.25) is 5.02 Å². The van der Waals surface area contributed by atoms with Gasteiger partial charge in [0.1, 0.15) is 24.0 Å². The molecule has 1 N–H and O–H groups in total. The molecule has 3 saturated heterocycles. The van der Waals surface area contributed by atoms with Crippen molar-refractivity contribution >= 4 is 50.3 Å². The fourth-order valence-electron chi connectivity index (χ4n) is 4.80. The van der Waals surface area contributed by atoms with Crippen molar-refractivity contribution in [3.05, 3.63) is 15.6 Å². The molecule has 0 bridgehead atoms. The van der Waals surface area contributed by atoms with Crippen LogP contribution in [0.15, 0.2) is 10.5 Å². The molecule has 10 nitrogen and oxygen atoms in total. The van der Waals surface area contributed by atoms with Gasteiger partial charge in [0.25, 0.3) is 0 Å². The Hall–Kier alpha value is -2.08. The lowest BCUT2D eigenvalue weighted by Gasteiger charge is -2.34. The lowest BCUT2D eigenvalue weighted by Crippen LogP contribution is -2.48. The molecule has 3 aliphatic rings. The van der Waals surface area contributed by atoms with Crippen LogP contribution < -0.4 is 14.4 Å². The third-order valence-corrected chi connectivity index (χ3v) is 8.21. The highest BCUT2D eigenvalue weighted by atomic mass is 79.9. The summed E-state index contributed by atoms with van der Waals surface area (Å²) in [6.45, 7) is 4.49. The summed E-state index contributed by atoms with van der Waals surface area (Å²) in [6.07, 6.45) is 2.00. The van der Waals surface area contributed by atoms with Crippen molar-refractivity contribution in [2.45, 2.75) is 31.4 Å². The fourth-order valence-corrected chi connectivity index (χ4v) is 5.39. The highest BCUT2D eigenvalue weighted by molar-refractivity contribution is 9.10. The number of halogens is 2. The molecule has 0 radical (unpaired) electrons. The maximum Gasteiger partial charge on any atom is 0.407 e. The normalized spacial score (nSPS) is 23.3. The Kier molecular flexibility index (Phi) is 7.38. The van der Waals surface area contributed by atoms with Crippen LogP contribution in [0.4, 0.5) is 10.6 Å². The van der Waals surface area contributed by atoms with E-state index in [9.17, 15) is 9.90 Å². The maximum absolute atomic E-state index is 11.4. The van der Waals surface area contributed by atoms with Gasteiger partial charge in [-0.2, -0.15) is 9.97 Å². The zero-order valence-electron chi connectivity index (χ0n) is 19.6. The first kappa shape index (κ1) is 24.6. The molecule has 12 heteroatoms. The molecule has 0 saturated carbocycles. The van der Waals surface area contributed by atoms with E-state index in [1.807, 2.05) is 6.07 Å². The molecule has 2 atom stereocenters. The minimum atomic E-state index is -0.914. The Morgan fingerprint density at radius 3 is 2.71 bits per heavy atom. The van der Waals surface area contributed by atoms with Crippen molar-refractivity contribution in [3.8, 4) is 11.8 Å². The SMILES string of the molecule is CN1CCC[C@H]1COc1nc(N2CCN(C(=O)O)CC2)c2cc(Cl)c(Br)c(OC3CCOC3)c2n1. The monoisotopic (exact) mass is 569 g/mol. The second kappa shape index (κ2) is 10.5. The number of nitrogens with zero attached hydrogens (tertiary/aromatic N) is 5. The van der Waals surface area contributed by atoms with Crippen LogP contribution in [0.25, 0.3) is 10.9 Å². The van der Waals surface area contributed by atoms with Gasteiger partial charge in [-0.15, -0.1) is 0 Å². The number of anilines is 1. The molecule has 3 aliphatic heterocycles. The molecular formula is C23H29BrClN5O5. The summed E-state index contributed by atoms with van der Waals surface area (Å²) in [7, 11) is 2.10. The van der Waals surface area contributed by atoms with Crippen molar-refractivity contribution in [1.82, 2.24) is 19.8 Å². The smallest absolute Gasteiger partial charge is 0.407 e. The van der Waals surface area contributed by atoms with E-state index < -0.39 is 6.09 Å². The van der Waals surface area contributed by atoms with Crippen molar-refractivity contribution < 1.29 is 24.1 Å². The van der Waals surface area contributed by atoms with E-state index in [2.05, 4.69) is 32.8 Å². The molecule has 3 fully saturated rings. The molecule has 1 unspecified atom stereocenters. The van der Waals surface area contributed by atoms with Crippen LogP contribution in [0, 0.1) is 0 Å². The average Bonchev–Trinajstić information content (AvgIpc) is 3.52. The number of hydrogen-bond donors (Lipinski definition) is 1. The summed E-state index contributed by atoms with van der Waals surface area (Å²) < 4.78 is 18.6. The number of aromatic nitrogens is 2. The Bertz CT molecular complexity index is 1090. The van der Waals surface area contributed by atoms with Crippen molar-refractivity contribution in [2.75, 3.05) is 64.5 Å². The maximum atomic E-state index is 11.4. The number of likely N-dealkylation sites (N-methyl/N-ethyl adjacent to an activating group) is 1. The molecule has 5 rings (SSSR count). The largest absolute Gasteiger partial charge is 0.484 e. The highest BCUT2D eigenvalue weighted by Gasteiger charge is 2.28. The van der Waals surface area contributed by atoms with Crippen molar-refractivity contribution in [2.24, 2.45) is 0 Å². The fraction of sp³-hybridized carbons (Fsp3) is 0.609. The van der Waals surface area contributed by atoms with Crippen LogP contribution in [-0.4, -0.2) is 103 Å². The van der Waals surface area contributed by atoms with E-state index in [0.29, 0.717) is 78.6 Å². The number of ether oxygens (including phenoxy) is 3. The number of hydrogen-bond acceptors (Lipinski definition) is 8. The Balaban J connectivity index is 1.53. The van der Waals surface area contributed by atoms with Crippen LogP contribution >= 0.6 is 27.5 Å². The highest BCUT2D eigenvalue weighted by Crippen LogP contribution is 2.43. The summed E-state index contributed by atoms with van der Waals surface area (Å²) in [5.41, 5.74) is 0.605. The first-order valence-electron chi connectivity index (χ1n) is 11.9. The summed E-state index contributed by atoms with van der Waals surface area (Å²) in [5, 5.41) is 10.6. The number of piperazine rings is 1. The molecule has 1 aromatic carbocycles. The Morgan fingerprint density at radius 2 is 2.06 bits per heavy atom. The average molecular weight is 571 g/mol. The van der Waals surface area contributed by atoms with Crippen LogP contribution in [0.1, 0.15) is 19.3 Å². The van der Waals surface area contributed by atoms with Gasteiger partial charge in [0.15, 0.2) is 5.75 Å². The first-order chi connectivity index (χ1) is 16.9. The van der Waals surface area contributed by atoms with Gasteiger partial charge in [0.05, 0.1) is 22.7 Å². The van der Waals surface area contributed by atoms with Crippen molar-refractivity contribution in [3.63, 3.8) is 0 Å². The minimum Gasteiger partial charge on any atom is -0.484 e. The van der Waals surface area contributed by atoms with Gasteiger partial charge in [-0.1, -0.05) is 11.6 Å². The lowest BCUT2D eigenvalue weighted by molar-refractivity contribution is 0.141. The van der Waals surface area contributed by atoms with Gasteiger partial charge in [-0.3, -0.25) is 0 Å². The molecule has 35 heavy (non-hydrogen) atoms. The number of carbonyl (C=O) groups is 1. The number of rotatable bonds is 6. The standard InChI is InChI=1S/C23H29BrClN5O5/c1-28-5-2-3-14(28)12-34-22-26-19-16(21(27-22)29-6-8-30(9-7-29)23(31)32)11-17(25)18(24)20(19)35-15-4-10-33-13-15/h11,14-15H,2-10,12-13H2,1H3,(H,31,32)/t14-,15?/m0/s1. The molecule has 2 aromatic rings. The summed E-state index contributed by atoms with van der Waals surface area (Å²) >= 11 is 10.2. The predicted octanol–water partition coefficient (Wildman–Crippen LogP) is 3.49. The van der Waals surface area contributed by atoms with Gasteiger partial charge in [-0.25, -0.2) is 4.79 Å². The molecule has 0 spiro atoms. The number of likely N-dealkylation sites (tertiary alicyclic amines) is 1. The summed E-state index contributed by atoms with van der Waals surface area (Å²) in [6, 6.07) is 2.42. The molecule has 0 aliphatic carbocycles. The Morgan fingerprint density at radius 1 is 1.26 bits per heavy atom. The van der Waals surface area contributed by atoms with Crippen LogP contribution in [0.3, 0.4) is 0 Å². The van der Waals surface area contributed by atoms with Gasteiger partial charge in [0.2, 0.25) is 0 Å². The topological polar surface area (TPSA) is 100 Å². The number of amides is 1. The second-order valence-electron chi connectivity index (χ2n) is 9.18. The van der Waals surface area contributed by atoms with Gasteiger partial charge < -0.3 is 34.0 Å². The van der Waals surface area contributed by atoms with Gasteiger partial charge >= 0.3 is 12.1 Å². The van der Waals surface area contributed by atoms with E-state index in [1.165, 1.54) is 4.90 Å². The summed E-state index contributed by atoms with van der Waals surface area (Å²) in [5.74, 6) is 1.20. The van der Waals surface area contributed by atoms with E-state index in [0.717, 1.165) is 31.2 Å². The zero-order valence-corrected chi connectivity index (χ0v) is 21.9. The van der Waals surface area contributed by atoms with E-state index in [1.54, 1.807) is 0 Å². The number of fused-ring (bicyclic) bond motifs is 1. The molecule has 4 heterocycles. The second-order valence-corrected chi connectivity index (χ2v) is 10.4. The van der Waals surface area contributed by atoms with Crippen LogP contribution in [0.5, 0.6) is 11.8 Å². The van der Waals surface area contributed by atoms with Gasteiger partial charge in [-0.05, 0) is 48.4 Å². The van der Waals surface area contributed by atoms with E-state index >= 15 is 0 Å². The van der Waals surface area contributed by atoms with E-state index in [4.69, 9.17) is 35.8 Å². The minimum absolute atomic E-state index is 0.0954. The van der Waals surface area contributed by atoms with E-state index in [-0.39, 0.29) is 12.1 Å². The third kappa shape index (κ3) is 5.23. The van der Waals surface area contributed by atoms with Crippen LogP contribution in [-0.2, 0) is 4.74 Å². The lowest BCUT2D eigenvalue weighted by atomic mass is 10.2. The first-order valence-corrected chi connectivity index (χ1v) is 13.1. The summed E-state index contributed by atoms with van der Waals surface area (Å²) in [4.78, 5) is 26.7. The Labute approximate surface area is 217 Å².